The normalized spacial score (nSPS) is 12.6. The van der Waals surface area contributed by atoms with E-state index in [1.165, 1.54) is 0 Å². The molecule has 0 aliphatic heterocycles. The maximum atomic E-state index is 13.3. The first-order chi connectivity index (χ1) is 7.96. The van der Waals surface area contributed by atoms with E-state index in [4.69, 9.17) is 0 Å². The molecule has 1 aromatic carbocycles. The van der Waals surface area contributed by atoms with Crippen LogP contribution in [0, 0.1) is 5.82 Å². The van der Waals surface area contributed by atoms with E-state index in [0.29, 0.717) is 0 Å². The van der Waals surface area contributed by atoms with Gasteiger partial charge in [-0.3, -0.25) is 4.79 Å². The highest BCUT2D eigenvalue weighted by molar-refractivity contribution is 5.93. The van der Waals surface area contributed by atoms with Gasteiger partial charge in [-0.2, -0.15) is 26.3 Å². The number of carbonyl (C=O) groups excluding carboxylic acids is 1. The van der Waals surface area contributed by atoms with E-state index in [1.54, 1.807) is 0 Å². The zero-order chi connectivity index (χ0) is 14.3. The van der Waals surface area contributed by atoms with Crippen LogP contribution in [0.3, 0.4) is 0 Å². The van der Waals surface area contributed by atoms with Crippen molar-refractivity contribution in [1.29, 1.82) is 0 Å². The summed E-state index contributed by atoms with van der Waals surface area (Å²) in [7, 11) is 0. The molecule has 0 aliphatic carbocycles. The van der Waals surface area contributed by atoms with Gasteiger partial charge in [-0.15, -0.1) is 0 Å². The zero-order valence-corrected chi connectivity index (χ0v) is 8.29. The molecule has 1 amide bonds. The zero-order valence-electron chi connectivity index (χ0n) is 8.29. The quantitative estimate of drug-likeness (QED) is 0.787. The van der Waals surface area contributed by atoms with E-state index < -0.39 is 40.8 Å². The Labute approximate surface area is 95.2 Å². The summed E-state index contributed by atoms with van der Waals surface area (Å²) in [5.74, 6) is -3.92. The van der Waals surface area contributed by atoms with Crippen LogP contribution in [0.2, 0.25) is 0 Å². The van der Waals surface area contributed by atoms with Crippen LogP contribution in [0.4, 0.5) is 30.7 Å². The molecule has 0 saturated heterocycles. The van der Waals surface area contributed by atoms with Crippen molar-refractivity contribution >= 4 is 5.91 Å². The minimum Gasteiger partial charge on any atom is -0.366 e. The van der Waals surface area contributed by atoms with Gasteiger partial charge in [0.1, 0.15) is 11.4 Å². The fourth-order valence-corrected chi connectivity index (χ4v) is 1.28. The van der Waals surface area contributed by atoms with Crippen LogP contribution in [0.25, 0.3) is 0 Å². The van der Waals surface area contributed by atoms with Crippen LogP contribution in [-0.2, 0) is 12.4 Å². The number of primary amides is 1. The second-order valence-electron chi connectivity index (χ2n) is 3.21. The van der Waals surface area contributed by atoms with Crippen molar-refractivity contribution in [3.8, 4) is 0 Å². The largest absolute Gasteiger partial charge is 0.419 e. The van der Waals surface area contributed by atoms with Crippen molar-refractivity contribution in [2.24, 2.45) is 5.73 Å². The molecule has 0 unspecified atom stereocenters. The standard InChI is InChI=1S/C9H4F7NO/c10-6-3(7(17)18)1-2-4(8(11,12)13)5(6)9(14,15)16/h1-2H,(H2,17,18). The second kappa shape index (κ2) is 4.14. The Bertz CT molecular complexity index is 489. The van der Waals surface area contributed by atoms with Crippen molar-refractivity contribution in [3.63, 3.8) is 0 Å². The monoisotopic (exact) mass is 275 g/mol. The summed E-state index contributed by atoms with van der Waals surface area (Å²) in [5.41, 5.74) is -1.46. The number of halogens is 7. The van der Waals surface area contributed by atoms with Crippen LogP contribution in [0.15, 0.2) is 12.1 Å². The summed E-state index contributed by atoms with van der Waals surface area (Å²) in [6.07, 6.45) is -11.0. The number of nitrogens with two attached hydrogens (primary N) is 1. The van der Waals surface area contributed by atoms with E-state index in [0.717, 1.165) is 0 Å². The van der Waals surface area contributed by atoms with Gasteiger partial charge in [0.2, 0.25) is 0 Å². The van der Waals surface area contributed by atoms with Gasteiger partial charge >= 0.3 is 12.4 Å². The Kier molecular flexibility index (Phi) is 3.28. The summed E-state index contributed by atoms with van der Waals surface area (Å²) in [6.45, 7) is 0. The third kappa shape index (κ3) is 2.54. The fourth-order valence-electron chi connectivity index (χ4n) is 1.28. The van der Waals surface area contributed by atoms with E-state index in [1.807, 2.05) is 0 Å². The van der Waals surface area contributed by atoms with Gasteiger partial charge in [0.05, 0.1) is 11.1 Å². The van der Waals surface area contributed by atoms with Crippen LogP contribution in [0.5, 0.6) is 0 Å². The maximum absolute atomic E-state index is 13.3. The molecule has 2 nitrogen and oxygen atoms in total. The first kappa shape index (κ1) is 14.3. The average Bonchev–Trinajstić information content (AvgIpc) is 2.12. The van der Waals surface area contributed by atoms with Crippen LogP contribution >= 0.6 is 0 Å². The van der Waals surface area contributed by atoms with Gasteiger partial charge < -0.3 is 5.73 Å². The molecule has 0 bridgehead atoms. The van der Waals surface area contributed by atoms with Crippen molar-refractivity contribution < 1.29 is 35.5 Å². The maximum Gasteiger partial charge on any atom is 0.419 e. The number of rotatable bonds is 1. The van der Waals surface area contributed by atoms with Crippen molar-refractivity contribution in [2.45, 2.75) is 12.4 Å². The minimum absolute atomic E-state index is 0.0357. The molecule has 0 saturated carbocycles. The van der Waals surface area contributed by atoms with E-state index in [-0.39, 0.29) is 12.1 Å². The average molecular weight is 275 g/mol. The highest BCUT2D eigenvalue weighted by atomic mass is 19.4. The molecule has 2 N–H and O–H groups in total. The lowest BCUT2D eigenvalue weighted by Gasteiger charge is -2.17. The van der Waals surface area contributed by atoms with Gasteiger partial charge in [0.15, 0.2) is 0 Å². The van der Waals surface area contributed by atoms with Crippen LogP contribution < -0.4 is 5.73 Å². The Morgan fingerprint density at radius 1 is 1.00 bits per heavy atom. The van der Waals surface area contributed by atoms with Crippen LogP contribution in [0.1, 0.15) is 21.5 Å². The summed E-state index contributed by atoms with van der Waals surface area (Å²) in [4.78, 5) is 10.6. The Morgan fingerprint density at radius 2 is 1.50 bits per heavy atom. The highest BCUT2D eigenvalue weighted by Crippen LogP contribution is 2.42. The molecule has 0 atom stereocenters. The number of carbonyl (C=O) groups is 1. The molecular formula is C9H4F7NO. The van der Waals surface area contributed by atoms with Gasteiger partial charge in [0.25, 0.3) is 5.91 Å². The fraction of sp³-hybridized carbons (Fsp3) is 0.222. The van der Waals surface area contributed by atoms with Crippen LogP contribution in [-0.4, -0.2) is 5.91 Å². The van der Waals surface area contributed by atoms with Crippen molar-refractivity contribution in [2.75, 3.05) is 0 Å². The lowest BCUT2D eigenvalue weighted by molar-refractivity contribution is -0.163. The third-order valence-electron chi connectivity index (χ3n) is 2.00. The molecule has 0 aromatic heterocycles. The summed E-state index contributed by atoms with van der Waals surface area (Å²) in [5, 5.41) is 0. The van der Waals surface area contributed by atoms with E-state index >= 15 is 0 Å². The molecule has 100 valence electrons. The van der Waals surface area contributed by atoms with E-state index in [2.05, 4.69) is 5.73 Å². The molecular weight excluding hydrogens is 271 g/mol. The lowest BCUT2D eigenvalue weighted by Crippen LogP contribution is -2.22. The number of benzene rings is 1. The Morgan fingerprint density at radius 3 is 1.83 bits per heavy atom. The summed E-state index contributed by atoms with van der Waals surface area (Å²) in [6, 6.07) is 0.224. The van der Waals surface area contributed by atoms with Gasteiger partial charge in [0, 0.05) is 0 Å². The second-order valence-corrected chi connectivity index (χ2v) is 3.21. The lowest BCUT2D eigenvalue weighted by atomic mass is 10.0. The van der Waals surface area contributed by atoms with Gasteiger partial charge in [-0.1, -0.05) is 0 Å². The molecule has 0 spiro atoms. The topological polar surface area (TPSA) is 43.1 Å². The molecule has 1 aromatic rings. The van der Waals surface area contributed by atoms with Gasteiger partial charge in [-0.05, 0) is 12.1 Å². The third-order valence-corrected chi connectivity index (χ3v) is 2.00. The summed E-state index contributed by atoms with van der Waals surface area (Å²) >= 11 is 0. The molecule has 18 heavy (non-hydrogen) atoms. The number of hydrogen-bond donors (Lipinski definition) is 1. The minimum atomic E-state index is -5.60. The number of amides is 1. The van der Waals surface area contributed by atoms with Crippen molar-refractivity contribution in [1.82, 2.24) is 0 Å². The first-order valence-corrected chi connectivity index (χ1v) is 4.23. The smallest absolute Gasteiger partial charge is 0.366 e. The van der Waals surface area contributed by atoms with E-state index in [9.17, 15) is 35.5 Å². The SMILES string of the molecule is NC(=O)c1ccc(C(F)(F)F)c(C(F)(F)F)c1F. The van der Waals surface area contributed by atoms with Gasteiger partial charge in [-0.25, -0.2) is 4.39 Å². The number of alkyl halides is 6. The molecule has 9 heteroatoms. The van der Waals surface area contributed by atoms with Crippen molar-refractivity contribution in [3.05, 3.63) is 34.6 Å². The highest BCUT2D eigenvalue weighted by Gasteiger charge is 2.46. The predicted octanol–water partition coefficient (Wildman–Crippen LogP) is 2.96. The predicted molar refractivity (Wildman–Crippen MR) is 44.9 cm³/mol. The molecule has 0 aliphatic rings. The summed E-state index contributed by atoms with van der Waals surface area (Å²) < 4.78 is 87.4. The Hall–Kier alpha value is -1.80. The molecule has 0 heterocycles. The number of hydrogen-bond acceptors (Lipinski definition) is 1. The molecule has 1 rings (SSSR count). The first-order valence-electron chi connectivity index (χ1n) is 4.23. The Balaban J connectivity index is 3.69. The molecule has 0 radical (unpaired) electrons. The molecule has 0 fully saturated rings.